The molecule has 1 aliphatic heterocycles. The molecule has 0 spiro atoms. The summed E-state index contributed by atoms with van der Waals surface area (Å²) in [6.45, 7) is 0.983. The van der Waals surface area contributed by atoms with E-state index in [1.165, 1.54) is 6.07 Å². The number of fused-ring (bicyclic) bond motifs is 1. The summed E-state index contributed by atoms with van der Waals surface area (Å²) in [4.78, 5) is 8.49. The van der Waals surface area contributed by atoms with Crippen LogP contribution >= 0.6 is 0 Å². The third kappa shape index (κ3) is 2.75. The van der Waals surface area contributed by atoms with Crippen molar-refractivity contribution in [2.45, 2.75) is 31.5 Å². The number of hydrogen-bond donors (Lipinski definition) is 1. The first-order valence-corrected chi connectivity index (χ1v) is 6.58. The van der Waals surface area contributed by atoms with Crippen LogP contribution < -0.4 is 5.32 Å². The highest BCUT2D eigenvalue weighted by Crippen LogP contribution is 2.30. The summed E-state index contributed by atoms with van der Waals surface area (Å²) in [7, 11) is 0. The van der Waals surface area contributed by atoms with E-state index in [0.29, 0.717) is 29.2 Å². The summed E-state index contributed by atoms with van der Waals surface area (Å²) in [5.41, 5.74) is -0.323. The predicted octanol–water partition coefficient (Wildman–Crippen LogP) is 2.94. The fourth-order valence-corrected chi connectivity index (χ4v) is 2.49. The van der Waals surface area contributed by atoms with Gasteiger partial charge in [0.2, 0.25) is 0 Å². The van der Waals surface area contributed by atoms with Crippen LogP contribution in [0.3, 0.4) is 0 Å². The van der Waals surface area contributed by atoms with E-state index in [4.69, 9.17) is 0 Å². The molecule has 1 saturated heterocycles. The second-order valence-corrected chi connectivity index (χ2v) is 5.05. The zero-order valence-electron chi connectivity index (χ0n) is 10.7. The minimum atomic E-state index is -4.34. The molecule has 1 atom stereocenters. The maximum Gasteiger partial charge on any atom is 0.416 e. The molecule has 0 saturated carbocycles. The molecular formula is C14H14F3N3. The van der Waals surface area contributed by atoms with Crippen molar-refractivity contribution in [3.05, 3.63) is 35.8 Å². The topological polar surface area (TPSA) is 37.8 Å². The van der Waals surface area contributed by atoms with Crippen molar-refractivity contribution in [1.29, 1.82) is 0 Å². The van der Waals surface area contributed by atoms with Crippen LogP contribution in [0.4, 0.5) is 13.2 Å². The minimum absolute atomic E-state index is 0.332. The van der Waals surface area contributed by atoms with Gasteiger partial charge in [0.05, 0.1) is 11.1 Å². The summed E-state index contributed by atoms with van der Waals surface area (Å²) < 4.78 is 38.1. The van der Waals surface area contributed by atoms with Crippen LogP contribution in [0.15, 0.2) is 24.4 Å². The Labute approximate surface area is 114 Å². The summed E-state index contributed by atoms with van der Waals surface area (Å²) in [5, 5.41) is 3.95. The molecule has 1 N–H and O–H groups in total. The number of hydrogen-bond acceptors (Lipinski definition) is 3. The van der Waals surface area contributed by atoms with E-state index in [-0.39, 0.29) is 0 Å². The molecule has 1 aliphatic rings. The van der Waals surface area contributed by atoms with E-state index >= 15 is 0 Å². The van der Waals surface area contributed by atoms with Gasteiger partial charge in [0, 0.05) is 24.0 Å². The van der Waals surface area contributed by atoms with Crippen LogP contribution in [0.25, 0.3) is 10.9 Å². The van der Waals surface area contributed by atoms with Gasteiger partial charge >= 0.3 is 6.18 Å². The van der Waals surface area contributed by atoms with Crippen LogP contribution in [0.1, 0.15) is 24.2 Å². The first-order valence-electron chi connectivity index (χ1n) is 6.58. The van der Waals surface area contributed by atoms with Crippen molar-refractivity contribution in [2.75, 3.05) is 6.54 Å². The molecule has 6 heteroatoms. The maximum absolute atomic E-state index is 12.7. The zero-order valence-corrected chi connectivity index (χ0v) is 10.7. The summed E-state index contributed by atoms with van der Waals surface area (Å²) in [5.74, 6) is 0.594. The van der Waals surface area contributed by atoms with Crippen LogP contribution in [-0.4, -0.2) is 22.6 Å². The van der Waals surface area contributed by atoms with Crippen LogP contribution in [0, 0.1) is 0 Å². The maximum atomic E-state index is 12.7. The van der Waals surface area contributed by atoms with Gasteiger partial charge in [-0.05, 0) is 31.5 Å². The van der Waals surface area contributed by atoms with Crippen molar-refractivity contribution in [1.82, 2.24) is 15.3 Å². The number of halogens is 3. The Hall–Kier alpha value is -1.69. The van der Waals surface area contributed by atoms with Gasteiger partial charge in [-0.1, -0.05) is 6.07 Å². The molecule has 3 nitrogen and oxygen atoms in total. The van der Waals surface area contributed by atoms with Crippen molar-refractivity contribution < 1.29 is 13.2 Å². The highest BCUT2D eigenvalue weighted by molar-refractivity contribution is 5.78. The second-order valence-electron chi connectivity index (χ2n) is 5.05. The molecule has 20 heavy (non-hydrogen) atoms. The number of nitrogens with one attached hydrogen (secondary N) is 1. The van der Waals surface area contributed by atoms with Crippen molar-refractivity contribution in [3.63, 3.8) is 0 Å². The number of alkyl halides is 3. The summed E-state index contributed by atoms with van der Waals surface area (Å²) in [6.07, 6.45) is 0.0890. The lowest BCUT2D eigenvalue weighted by Gasteiger charge is -2.10. The van der Waals surface area contributed by atoms with E-state index in [1.807, 2.05) is 0 Å². The van der Waals surface area contributed by atoms with E-state index in [9.17, 15) is 13.2 Å². The lowest BCUT2D eigenvalue weighted by atomic mass is 10.1. The van der Waals surface area contributed by atoms with Gasteiger partial charge in [0.1, 0.15) is 5.82 Å². The molecule has 1 aromatic heterocycles. The average molecular weight is 281 g/mol. The van der Waals surface area contributed by atoms with Gasteiger partial charge in [0.15, 0.2) is 0 Å². The molecule has 2 aromatic rings. The van der Waals surface area contributed by atoms with Gasteiger partial charge in [-0.25, -0.2) is 9.97 Å². The molecule has 0 amide bonds. The first-order chi connectivity index (χ1) is 9.52. The normalized spacial score (nSPS) is 19.6. The third-order valence-corrected chi connectivity index (χ3v) is 3.55. The molecule has 3 rings (SSSR count). The van der Waals surface area contributed by atoms with Crippen molar-refractivity contribution >= 4 is 10.9 Å². The van der Waals surface area contributed by atoms with Gasteiger partial charge < -0.3 is 5.32 Å². The highest BCUT2D eigenvalue weighted by Gasteiger charge is 2.30. The lowest BCUT2D eigenvalue weighted by molar-refractivity contribution is -0.137. The SMILES string of the molecule is FC(F)(F)c1ccc2cnc(CC3CCCN3)nc2c1. The van der Waals surface area contributed by atoms with Gasteiger partial charge in [-0.3, -0.25) is 0 Å². The quantitative estimate of drug-likeness (QED) is 0.919. The Morgan fingerprint density at radius 1 is 1.30 bits per heavy atom. The minimum Gasteiger partial charge on any atom is -0.314 e. The van der Waals surface area contributed by atoms with E-state index in [2.05, 4.69) is 15.3 Å². The highest BCUT2D eigenvalue weighted by atomic mass is 19.4. The predicted molar refractivity (Wildman–Crippen MR) is 69.3 cm³/mol. The Morgan fingerprint density at radius 2 is 2.15 bits per heavy atom. The smallest absolute Gasteiger partial charge is 0.314 e. The monoisotopic (exact) mass is 281 g/mol. The molecule has 0 bridgehead atoms. The Balaban J connectivity index is 1.91. The Kier molecular flexibility index (Phi) is 3.33. The number of nitrogens with zero attached hydrogens (tertiary/aromatic N) is 2. The number of aromatic nitrogens is 2. The molecule has 106 valence electrons. The summed E-state index contributed by atoms with van der Waals surface area (Å²) in [6, 6.07) is 3.89. The molecule has 1 fully saturated rings. The Bertz CT molecular complexity index is 619. The average Bonchev–Trinajstić information content (AvgIpc) is 2.90. The van der Waals surface area contributed by atoms with Gasteiger partial charge in [0.25, 0.3) is 0 Å². The van der Waals surface area contributed by atoms with Crippen molar-refractivity contribution in [3.8, 4) is 0 Å². The fraction of sp³-hybridized carbons (Fsp3) is 0.429. The van der Waals surface area contributed by atoms with Crippen LogP contribution in [0.5, 0.6) is 0 Å². The fourth-order valence-electron chi connectivity index (χ4n) is 2.49. The molecule has 1 unspecified atom stereocenters. The van der Waals surface area contributed by atoms with Crippen LogP contribution in [0.2, 0.25) is 0 Å². The number of benzene rings is 1. The van der Waals surface area contributed by atoms with Crippen molar-refractivity contribution in [2.24, 2.45) is 0 Å². The standard InChI is InChI=1S/C14H14F3N3/c15-14(16,17)10-4-3-9-8-19-13(20-12(9)6-10)7-11-2-1-5-18-11/h3-4,6,8,11,18H,1-2,5,7H2. The third-order valence-electron chi connectivity index (χ3n) is 3.55. The zero-order chi connectivity index (χ0) is 14.2. The first kappa shape index (κ1) is 13.3. The largest absolute Gasteiger partial charge is 0.416 e. The van der Waals surface area contributed by atoms with Gasteiger partial charge in [-0.2, -0.15) is 13.2 Å². The molecule has 0 aliphatic carbocycles. The molecule has 1 aromatic carbocycles. The van der Waals surface area contributed by atoms with Crippen LogP contribution in [-0.2, 0) is 12.6 Å². The summed E-state index contributed by atoms with van der Waals surface area (Å²) >= 11 is 0. The molecule has 2 heterocycles. The number of rotatable bonds is 2. The van der Waals surface area contributed by atoms with E-state index < -0.39 is 11.7 Å². The van der Waals surface area contributed by atoms with E-state index in [1.54, 1.807) is 6.20 Å². The second kappa shape index (κ2) is 5.01. The molecule has 0 radical (unpaired) electrons. The van der Waals surface area contributed by atoms with Gasteiger partial charge in [-0.15, -0.1) is 0 Å². The van der Waals surface area contributed by atoms with E-state index in [0.717, 1.165) is 31.5 Å². The molecular weight excluding hydrogens is 267 g/mol. The Morgan fingerprint density at radius 3 is 2.85 bits per heavy atom. The lowest BCUT2D eigenvalue weighted by Crippen LogP contribution is -2.24.